The van der Waals surface area contributed by atoms with Gasteiger partial charge in [-0.1, -0.05) is 36.4 Å². The zero-order chi connectivity index (χ0) is 21.8. The molecule has 0 aromatic heterocycles. The van der Waals surface area contributed by atoms with E-state index in [1.54, 1.807) is 31.4 Å². The van der Waals surface area contributed by atoms with E-state index in [9.17, 15) is 14.4 Å². The third kappa shape index (κ3) is 4.54. The summed E-state index contributed by atoms with van der Waals surface area (Å²) >= 11 is 0. The van der Waals surface area contributed by atoms with E-state index in [4.69, 9.17) is 4.74 Å². The number of imide groups is 1. The number of benzene rings is 2. The van der Waals surface area contributed by atoms with Gasteiger partial charge in [-0.05, 0) is 37.1 Å². The lowest BCUT2D eigenvalue weighted by atomic mass is 9.93. The number of rotatable bonds is 6. The highest BCUT2D eigenvalue weighted by Crippen LogP contribution is 2.26. The number of ether oxygens (including phenoxy) is 1. The van der Waals surface area contributed by atoms with Gasteiger partial charge >= 0.3 is 6.03 Å². The van der Waals surface area contributed by atoms with Crippen molar-refractivity contribution >= 4 is 23.5 Å². The first-order valence-electron chi connectivity index (χ1n) is 10.4. The SMILES string of the molecule is COc1cccc(NC(=O)CN2C(=O)N(Cc3ccccc3)C(=O)C3NCCCC32)c1. The maximum Gasteiger partial charge on any atom is 0.327 e. The second kappa shape index (κ2) is 9.18. The van der Waals surface area contributed by atoms with Crippen molar-refractivity contribution in [2.45, 2.75) is 31.5 Å². The number of nitrogens with one attached hydrogen (secondary N) is 2. The van der Waals surface area contributed by atoms with Crippen molar-refractivity contribution in [1.82, 2.24) is 15.1 Å². The summed E-state index contributed by atoms with van der Waals surface area (Å²) in [5.41, 5.74) is 1.45. The zero-order valence-electron chi connectivity index (χ0n) is 17.4. The average molecular weight is 422 g/mol. The monoisotopic (exact) mass is 422 g/mol. The number of amides is 4. The number of carbonyl (C=O) groups is 3. The molecule has 2 N–H and O–H groups in total. The minimum Gasteiger partial charge on any atom is -0.497 e. The molecule has 2 saturated heterocycles. The van der Waals surface area contributed by atoms with Gasteiger partial charge in [0.25, 0.3) is 0 Å². The van der Waals surface area contributed by atoms with Gasteiger partial charge in [0.1, 0.15) is 18.3 Å². The van der Waals surface area contributed by atoms with Crippen LogP contribution in [0.3, 0.4) is 0 Å². The van der Waals surface area contributed by atoms with Gasteiger partial charge in [0.05, 0.1) is 19.7 Å². The summed E-state index contributed by atoms with van der Waals surface area (Å²) in [6.45, 7) is 0.763. The van der Waals surface area contributed by atoms with Crippen LogP contribution in [0.25, 0.3) is 0 Å². The molecule has 4 rings (SSSR count). The predicted molar refractivity (Wildman–Crippen MR) is 116 cm³/mol. The number of hydrogen-bond acceptors (Lipinski definition) is 5. The molecule has 0 aliphatic carbocycles. The summed E-state index contributed by atoms with van der Waals surface area (Å²) in [5.74, 6) is 0.0750. The van der Waals surface area contributed by atoms with E-state index in [1.807, 2.05) is 30.3 Å². The van der Waals surface area contributed by atoms with Crippen LogP contribution in [0.2, 0.25) is 0 Å². The fourth-order valence-corrected chi connectivity index (χ4v) is 4.17. The Balaban J connectivity index is 1.53. The molecule has 0 bridgehead atoms. The van der Waals surface area contributed by atoms with E-state index >= 15 is 0 Å². The summed E-state index contributed by atoms with van der Waals surface area (Å²) < 4.78 is 5.19. The van der Waals surface area contributed by atoms with Crippen LogP contribution in [0.15, 0.2) is 54.6 Å². The largest absolute Gasteiger partial charge is 0.497 e. The van der Waals surface area contributed by atoms with Gasteiger partial charge in [0.15, 0.2) is 0 Å². The second-order valence-corrected chi connectivity index (χ2v) is 7.74. The maximum absolute atomic E-state index is 13.3. The third-order valence-electron chi connectivity index (χ3n) is 5.69. The fourth-order valence-electron chi connectivity index (χ4n) is 4.17. The summed E-state index contributed by atoms with van der Waals surface area (Å²) in [7, 11) is 1.56. The Hall–Kier alpha value is -3.39. The van der Waals surface area contributed by atoms with E-state index in [1.165, 1.54) is 9.80 Å². The molecule has 0 saturated carbocycles. The molecule has 2 fully saturated rings. The summed E-state index contributed by atoms with van der Waals surface area (Å²) in [4.78, 5) is 41.9. The number of anilines is 1. The number of fused-ring (bicyclic) bond motifs is 1. The first kappa shape index (κ1) is 20.9. The van der Waals surface area contributed by atoms with E-state index in [0.717, 1.165) is 12.0 Å². The highest BCUT2D eigenvalue weighted by molar-refractivity contribution is 6.02. The van der Waals surface area contributed by atoms with Gasteiger partial charge in [0.2, 0.25) is 11.8 Å². The molecule has 162 valence electrons. The van der Waals surface area contributed by atoms with Crippen LogP contribution >= 0.6 is 0 Å². The molecule has 8 heteroatoms. The van der Waals surface area contributed by atoms with Crippen LogP contribution in [-0.4, -0.2) is 59.9 Å². The molecule has 2 atom stereocenters. The molecule has 2 heterocycles. The van der Waals surface area contributed by atoms with Gasteiger partial charge in [-0.3, -0.25) is 14.5 Å². The Morgan fingerprint density at radius 3 is 2.74 bits per heavy atom. The van der Waals surface area contributed by atoms with Crippen LogP contribution < -0.4 is 15.4 Å². The van der Waals surface area contributed by atoms with Gasteiger partial charge in [-0.2, -0.15) is 0 Å². The number of nitrogens with zero attached hydrogens (tertiary/aromatic N) is 2. The Morgan fingerprint density at radius 1 is 1.16 bits per heavy atom. The van der Waals surface area contributed by atoms with Gasteiger partial charge in [-0.15, -0.1) is 0 Å². The van der Waals surface area contributed by atoms with E-state index in [-0.39, 0.29) is 30.9 Å². The van der Waals surface area contributed by atoms with E-state index in [2.05, 4.69) is 10.6 Å². The average Bonchev–Trinajstić information content (AvgIpc) is 2.80. The zero-order valence-corrected chi connectivity index (χ0v) is 17.4. The molecular formula is C23H26N4O4. The molecule has 2 aliphatic heterocycles. The van der Waals surface area contributed by atoms with Crippen molar-refractivity contribution < 1.29 is 19.1 Å². The topological polar surface area (TPSA) is 91.0 Å². The number of urea groups is 1. The number of hydrogen-bond donors (Lipinski definition) is 2. The fraction of sp³-hybridized carbons (Fsp3) is 0.348. The van der Waals surface area contributed by atoms with Crippen LogP contribution in [0.4, 0.5) is 10.5 Å². The molecule has 0 spiro atoms. The Kier molecular flexibility index (Phi) is 6.18. The Bertz CT molecular complexity index is 965. The third-order valence-corrected chi connectivity index (χ3v) is 5.69. The molecule has 2 aromatic rings. The Labute approximate surface area is 181 Å². The van der Waals surface area contributed by atoms with Crippen molar-refractivity contribution in [1.29, 1.82) is 0 Å². The van der Waals surface area contributed by atoms with Crippen LogP contribution in [0.5, 0.6) is 5.75 Å². The smallest absolute Gasteiger partial charge is 0.327 e. The van der Waals surface area contributed by atoms with Crippen molar-refractivity contribution in [3.05, 3.63) is 60.2 Å². The molecule has 4 amide bonds. The maximum atomic E-state index is 13.3. The summed E-state index contributed by atoms with van der Waals surface area (Å²) in [6, 6.07) is 15.2. The van der Waals surface area contributed by atoms with Crippen molar-refractivity contribution in [2.24, 2.45) is 0 Å². The molecule has 8 nitrogen and oxygen atoms in total. The van der Waals surface area contributed by atoms with Crippen LogP contribution in [0.1, 0.15) is 18.4 Å². The van der Waals surface area contributed by atoms with Crippen molar-refractivity contribution in [2.75, 3.05) is 25.5 Å². The minimum absolute atomic E-state index is 0.128. The van der Waals surface area contributed by atoms with Crippen molar-refractivity contribution in [3.63, 3.8) is 0 Å². The summed E-state index contributed by atoms with van der Waals surface area (Å²) in [6.07, 6.45) is 1.52. The quantitative estimate of drug-likeness (QED) is 0.745. The van der Waals surface area contributed by atoms with Crippen LogP contribution in [0, 0.1) is 0 Å². The van der Waals surface area contributed by atoms with Crippen molar-refractivity contribution in [3.8, 4) is 5.75 Å². The lowest BCUT2D eigenvalue weighted by molar-refractivity contribution is -0.138. The first-order chi connectivity index (χ1) is 15.1. The molecule has 2 aliphatic rings. The second-order valence-electron chi connectivity index (χ2n) is 7.74. The highest BCUT2D eigenvalue weighted by atomic mass is 16.5. The normalized spacial score (nSPS) is 20.9. The van der Waals surface area contributed by atoms with Gasteiger partial charge in [0, 0.05) is 11.8 Å². The van der Waals surface area contributed by atoms with Gasteiger partial charge < -0.3 is 20.3 Å². The molecule has 2 aromatic carbocycles. The Morgan fingerprint density at radius 2 is 1.97 bits per heavy atom. The van der Waals surface area contributed by atoms with E-state index < -0.39 is 12.1 Å². The standard InChI is InChI=1S/C23H26N4O4/c1-31-18-10-5-9-17(13-18)25-20(28)15-26-19-11-6-12-24-21(19)22(29)27(23(26)30)14-16-7-3-2-4-8-16/h2-5,7-10,13,19,21,24H,6,11-12,14-15H2,1H3,(H,25,28). The highest BCUT2D eigenvalue weighted by Gasteiger charge is 2.47. The molecular weight excluding hydrogens is 396 g/mol. The summed E-state index contributed by atoms with van der Waals surface area (Å²) in [5, 5.41) is 6.06. The minimum atomic E-state index is -0.500. The number of carbonyl (C=O) groups excluding carboxylic acids is 3. The number of methoxy groups -OCH3 is 1. The molecule has 2 unspecified atom stereocenters. The molecule has 31 heavy (non-hydrogen) atoms. The van der Waals surface area contributed by atoms with E-state index in [0.29, 0.717) is 24.4 Å². The predicted octanol–water partition coefficient (Wildman–Crippen LogP) is 2.22. The van der Waals surface area contributed by atoms with Crippen LogP contribution in [-0.2, 0) is 16.1 Å². The first-order valence-corrected chi connectivity index (χ1v) is 10.4. The lowest BCUT2D eigenvalue weighted by Gasteiger charge is -2.46. The van der Waals surface area contributed by atoms with Gasteiger partial charge in [-0.25, -0.2) is 4.79 Å². The lowest BCUT2D eigenvalue weighted by Crippen LogP contribution is -2.70. The number of piperidine rings is 1. The molecule has 0 radical (unpaired) electrons.